The van der Waals surface area contributed by atoms with Crippen LogP contribution in [0.15, 0.2) is 12.2 Å². The summed E-state index contributed by atoms with van der Waals surface area (Å²) in [6.07, 6.45) is 1.49. The Bertz CT molecular complexity index is 815. The van der Waals surface area contributed by atoms with E-state index in [1.54, 1.807) is 0 Å². The number of ketones is 1. The van der Waals surface area contributed by atoms with E-state index in [1.165, 1.54) is 13.8 Å². The summed E-state index contributed by atoms with van der Waals surface area (Å²) in [6.45, 7) is 13.3. The predicted molar refractivity (Wildman–Crippen MR) is 109 cm³/mol. The second-order valence-electron chi connectivity index (χ2n) is 10.8. The molecule has 0 aliphatic heterocycles. The van der Waals surface area contributed by atoms with Crippen LogP contribution >= 0.6 is 0 Å². The van der Waals surface area contributed by atoms with Crippen molar-refractivity contribution >= 4 is 17.7 Å². The Morgan fingerprint density at radius 3 is 2.20 bits per heavy atom. The van der Waals surface area contributed by atoms with E-state index in [9.17, 15) is 19.5 Å². The van der Waals surface area contributed by atoms with E-state index in [2.05, 4.69) is 27.4 Å². The van der Waals surface area contributed by atoms with Gasteiger partial charge in [-0.25, -0.2) is 0 Å². The van der Waals surface area contributed by atoms with E-state index in [4.69, 9.17) is 9.47 Å². The molecule has 166 valence electrons. The number of Topliss-reactive ketones (excluding diaryl/α,β-unsaturated/α-hetero) is 1. The summed E-state index contributed by atoms with van der Waals surface area (Å²) in [6, 6.07) is 0. The molecule has 6 heteroatoms. The normalized spacial score (nSPS) is 46.6. The fraction of sp³-hybridized carbons (Fsp3) is 0.792. The molecule has 4 aliphatic rings. The molecule has 4 fully saturated rings. The molecule has 1 N–H and O–H groups in total. The van der Waals surface area contributed by atoms with Crippen LogP contribution in [0.5, 0.6) is 0 Å². The second kappa shape index (κ2) is 6.65. The summed E-state index contributed by atoms with van der Waals surface area (Å²) in [5, 5.41) is 11.4. The van der Waals surface area contributed by atoms with Crippen LogP contribution in [0.4, 0.5) is 0 Å². The molecule has 6 nitrogen and oxygen atoms in total. The first-order valence-electron chi connectivity index (χ1n) is 11.1. The third-order valence-electron chi connectivity index (χ3n) is 9.13. The molecule has 0 amide bonds. The molecular weight excluding hydrogens is 384 g/mol. The maximum atomic E-state index is 13.7. The van der Waals surface area contributed by atoms with Crippen LogP contribution in [0, 0.1) is 34.0 Å². The highest BCUT2D eigenvalue weighted by Crippen LogP contribution is 2.71. The van der Waals surface area contributed by atoms with Gasteiger partial charge in [0.2, 0.25) is 0 Å². The van der Waals surface area contributed by atoms with Crippen molar-refractivity contribution in [1.82, 2.24) is 0 Å². The molecule has 0 radical (unpaired) electrons. The van der Waals surface area contributed by atoms with Crippen molar-refractivity contribution in [3.05, 3.63) is 12.2 Å². The van der Waals surface area contributed by atoms with Gasteiger partial charge in [-0.3, -0.25) is 14.4 Å². The van der Waals surface area contributed by atoms with Crippen molar-refractivity contribution in [2.24, 2.45) is 34.0 Å². The summed E-state index contributed by atoms with van der Waals surface area (Å²) in [4.78, 5) is 37.7. The van der Waals surface area contributed by atoms with Gasteiger partial charge in [-0.2, -0.15) is 0 Å². The van der Waals surface area contributed by atoms with Gasteiger partial charge in [-0.15, -0.1) is 0 Å². The molecule has 30 heavy (non-hydrogen) atoms. The van der Waals surface area contributed by atoms with Crippen LogP contribution < -0.4 is 0 Å². The first-order chi connectivity index (χ1) is 13.9. The third-order valence-corrected chi connectivity index (χ3v) is 9.13. The molecule has 0 heterocycles. The summed E-state index contributed by atoms with van der Waals surface area (Å²) >= 11 is 0. The highest BCUT2D eigenvalue weighted by molar-refractivity contribution is 6.04. The van der Waals surface area contributed by atoms with Crippen LogP contribution in [0.3, 0.4) is 0 Å². The van der Waals surface area contributed by atoms with Crippen molar-refractivity contribution < 1.29 is 29.0 Å². The second-order valence-corrected chi connectivity index (χ2v) is 10.8. The Morgan fingerprint density at radius 1 is 1.00 bits per heavy atom. The molecule has 1 spiro atoms. The highest BCUT2D eigenvalue weighted by Gasteiger charge is 2.76. The lowest BCUT2D eigenvalue weighted by molar-refractivity contribution is -0.259. The molecule has 4 saturated carbocycles. The minimum Gasteiger partial charge on any atom is -0.462 e. The van der Waals surface area contributed by atoms with Gasteiger partial charge in [0.15, 0.2) is 5.78 Å². The van der Waals surface area contributed by atoms with Crippen molar-refractivity contribution in [3.63, 3.8) is 0 Å². The Kier molecular flexibility index (Phi) is 4.78. The Hall–Kier alpha value is -1.69. The zero-order valence-electron chi connectivity index (χ0n) is 18.7. The lowest BCUT2D eigenvalue weighted by atomic mass is 9.39. The predicted octanol–water partition coefficient (Wildman–Crippen LogP) is 3.21. The maximum Gasteiger partial charge on any atom is 0.302 e. The van der Waals surface area contributed by atoms with Gasteiger partial charge in [0, 0.05) is 25.2 Å². The first kappa shape index (κ1) is 21.5. The van der Waals surface area contributed by atoms with Gasteiger partial charge in [-0.1, -0.05) is 27.4 Å². The van der Waals surface area contributed by atoms with Gasteiger partial charge >= 0.3 is 11.9 Å². The summed E-state index contributed by atoms with van der Waals surface area (Å²) in [5.74, 6) is -1.41. The minimum absolute atomic E-state index is 0.0773. The lowest BCUT2D eigenvalue weighted by Gasteiger charge is -2.66. The molecule has 0 aromatic heterocycles. The van der Waals surface area contributed by atoms with E-state index in [0.717, 1.165) is 12.8 Å². The number of ether oxygens (including phenoxy) is 2. The molecular formula is C24H34O6. The van der Waals surface area contributed by atoms with Crippen LogP contribution in [-0.2, 0) is 23.9 Å². The zero-order valence-corrected chi connectivity index (χ0v) is 18.7. The van der Waals surface area contributed by atoms with Crippen LogP contribution in [0.1, 0.15) is 66.7 Å². The fourth-order valence-corrected chi connectivity index (χ4v) is 8.01. The van der Waals surface area contributed by atoms with Crippen molar-refractivity contribution in [3.8, 4) is 0 Å². The molecule has 4 aliphatic carbocycles. The molecule has 0 aromatic rings. The fourth-order valence-electron chi connectivity index (χ4n) is 8.01. The largest absolute Gasteiger partial charge is 0.462 e. The summed E-state index contributed by atoms with van der Waals surface area (Å²) in [7, 11) is 0. The molecule has 0 saturated heterocycles. The lowest BCUT2D eigenvalue weighted by Crippen LogP contribution is -2.70. The van der Waals surface area contributed by atoms with Crippen molar-refractivity contribution in [2.75, 3.05) is 0 Å². The topological polar surface area (TPSA) is 89.9 Å². The quantitative estimate of drug-likeness (QED) is 0.547. The van der Waals surface area contributed by atoms with E-state index in [0.29, 0.717) is 24.8 Å². The smallest absolute Gasteiger partial charge is 0.302 e. The molecule has 0 aromatic carbocycles. The number of aliphatic hydroxyl groups excluding tert-OH is 1. The van der Waals surface area contributed by atoms with Crippen LogP contribution in [0.2, 0.25) is 0 Å². The number of carbonyl (C=O) groups excluding carboxylic acids is 3. The Labute approximate surface area is 178 Å². The molecule has 8 atom stereocenters. The zero-order chi connectivity index (χ0) is 22.2. The van der Waals surface area contributed by atoms with E-state index in [1.807, 2.05) is 0 Å². The average molecular weight is 419 g/mol. The van der Waals surface area contributed by atoms with E-state index >= 15 is 0 Å². The third kappa shape index (κ3) is 2.55. The maximum absolute atomic E-state index is 13.7. The average Bonchev–Trinajstić information content (AvgIpc) is 2.74. The Morgan fingerprint density at radius 2 is 1.60 bits per heavy atom. The Balaban J connectivity index is 1.92. The number of esters is 2. The van der Waals surface area contributed by atoms with Crippen LogP contribution in [0.25, 0.3) is 0 Å². The number of aliphatic hydroxyl groups is 1. The van der Waals surface area contributed by atoms with Crippen LogP contribution in [-0.4, -0.2) is 41.1 Å². The number of rotatable bonds is 2. The van der Waals surface area contributed by atoms with Gasteiger partial charge < -0.3 is 14.6 Å². The summed E-state index contributed by atoms with van der Waals surface area (Å²) < 4.78 is 11.7. The van der Waals surface area contributed by atoms with Gasteiger partial charge in [0.25, 0.3) is 0 Å². The number of hydrogen-bond donors (Lipinski definition) is 1. The molecule has 2 bridgehead atoms. The summed E-state index contributed by atoms with van der Waals surface area (Å²) in [5.41, 5.74) is -1.34. The van der Waals surface area contributed by atoms with Crippen molar-refractivity contribution in [1.29, 1.82) is 0 Å². The standard InChI is InChI=1S/C24H34O6/c1-12-15-7-8-16-23(6)17(22(4,5)10-9-18(23)29-13(2)25)11-19(30-14(3)26)24(16,20(12)27)21(15)28/h15-19,21,28H,1,7-11H2,2-6H3/t15-,16-,17+,18+,19+,21+,23-,24-/m0/s1. The van der Waals surface area contributed by atoms with E-state index in [-0.39, 0.29) is 41.0 Å². The minimum atomic E-state index is -1.21. The number of hydrogen-bond acceptors (Lipinski definition) is 6. The monoisotopic (exact) mass is 418 g/mol. The molecule has 4 rings (SSSR count). The SMILES string of the molecule is C=C1C(=O)[C@]23[C@H](O)[C@H]1CC[C@H]2[C@@]1(C)[C@H](C[C@H]3OC(C)=O)C(C)(C)CC[C@H]1OC(C)=O. The first-order valence-corrected chi connectivity index (χ1v) is 11.1. The molecule has 0 unspecified atom stereocenters. The number of carbonyl (C=O) groups is 3. The van der Waals surface area contributed by atoms with Gasteiger partial charge in [0.1, 0.15) is 17.6 Å². The van der Waals surface area contributed by atoms with Crippen molar-refractivity contribution in [2.45, 2.75) is 85.0 Å². The highest BCUT2D eigenvalue weighted by atomic mass is 16.5. The van der Waals surface area contributed by atoms with Gasteiger partial charge in [0.05, 0.1) is 6.10 Å². The van der Waals surface area contributed by atoms with Gasteiger partial charge in [-0.05, 0) is 54.9 Å². The van der Waals surface area contributed by atoms with E-state index < -0.39 is 29.0 Å². The number of fused-ring (bicyclic) bond motifs is 3.